The Balaban J connectivity index is 2.80. The maximum Gasteiger partial charge on any atom is 0.304 e. The SMILES string of the molecule is CC(C)Oc1cccc(CN(CCC(=O)O)C(C)(C)C)c1. The summed E-state index contributed by atoms with van der Waals surface area (Å²) in [6.45, 7) is 11.6. The molecule has 4 heteroatoms. The number of hydrogen-bond acceptors (Lipinski definition) is 3. The minimum Gasteiger partial charge on any atom is -0.491 e. The number of carboxylic acid groups (broad SMARTS) is 1. The van der Waals surface area contributed by atoms with E-state index in [2.05, 4.69) is 25.7 Å². The minimum absolute atomic E-state index is 0.0790. The first kappa shape index (κ1) is 17.5. The molecule has 1 rings (SSSR count). The predicted molar refractivity (Wildman–Crippen MR) is 84.6 cm³/mol. The zero-order valence-electron chi connectivity index (χ0n) is 13.7. The van der Waals surface area contributed by atoms with E-state index in [9.17, 15) is 4.79 Å². The van der Waals surface area contributed by atoms with Crippen molar-refractivity contribution in [3.05, 3.63) is 29.8 Å². The molecule has 21 heavy (non-hydrogen) atoms. The lowest BCUT2D eigenvalue weighted by molar-refractivity contribution is -0.137. The molecule has 0 saturated heterocycles. The van der Waals surface area contributed by atoms with Crippen LogP contribution in [0, 0.1) is 0 Å². The van der Waals surface area contributed by atoms with E-state index in [4.69, 9.17) is 9.84 Å². The molecule has 0 fully saturated rings. The summed E-state index contributed by atoms with van der Waals surface area (Å²) in [5.41, 5.74) is 1.05. The van der Waals surface area contributed by atoms with Crippen LogP contribution in [0.4, 0.5) is 0 Å². The highest BCUT2D eigenvalue weighted by atomic mass is 16.5. The number of hydrogen-bond donors (Lipinski definition) is 1. The third-order valence-electron chi connectivity index (χ3n) is 3.19. The summed E-state index contributed by atoms with van der Waals surface area (Å²) in [4.78, 5) is 13.0. The van der Waals surface area contributed by atoms with Gasteiger partial charge in [-0.1, -0.05) is 12.1 Å². The Morgan fingerprint density at radius 2 is 2.00 bits per heavy atom. The van der Waals surface area contributed by atoms with Crippen molar-refractivity contribution in [2.24, 2.45) is 0 Å². The van der Waals surface area contributed by atoms with E-state index < -0.39 is 5.97 Å². The summed E-state index contributed by atoms with van der Waals surface area (Å²) in [5, 5.41) is 8.89. The fourth-order valence-electron chi connectivity index (χ4n) is 2.09. The molecule has 0 amide bonds. The standard InChI is InChI=1S/C17H27NO3/c1-13(2)21-15-8-6-7-14(11-15)12-18(17(3,4)5)10-9-16(19)20/h6-8,11,13H,9-10,12H2,1-5H3,(H,19,20). The van der Waals surface area contributed by atoms with Gasteiger partial charge in [0.25, 0.3) is 0 Å². The van der Waals surface area contributed by atoms with Crippen LogP contribution < -0.4 is 4.74 Å². The summed E-state index contributed by atoms with van der Waals surface area (Å²) < 4.78 is 5.71. The van der Waals surface area contributed by atoms with Crippen LogP contribution in [0.3, 0.4) is 0 Å². The lowest BCUT2D eigenvalue weighted by atomic mass is 10.0. The van der Waals surface area contributed by atoms with E-state index in [-0.39, 0.29) is 18.1 Å². The average molecular weight is 293 g/mol. The fourth-order valence-corrected chi connectivity index (χ4v) is 2.09. The number of benzene rings is 1. The highest BCUT2D eigenvalue weighted by Gasteiger charge is 2.22. The van der Waals surface area contributed by atoms with Crippen LogP contribution in [0.1, 0.15) is 46.6 Å². The van der Waals surface area contributed by atoms with Gasteiger partial charge in [0, 0.05) is 18.6 Å². The van der Waals surface area contributed by atoms with Crippen LogP contribution in [0.5, 0.6) is 5.75 Å². The van der Waals surface area contributed by atoms with Gasteiger partial charge in [0.1, 0.15) is 5.75 Å². The summed E-state index contributed by atoms with van der Waals surface area (Å²) in [6, 6.07) is 8.00. The van der Waals surface area contributed by atoms with Crippen LogP contribution in [0.15, 0.2) is 24.3 Å². The zero-order valence-corrected chi connectivity index (χ0v) is 13.7. The Morgan fingerprint density at radius 3 is 2.52 bits per heavy atom. The molecule has 0 aliphatic rings. The van der Waals surface area contributed by atoms with Crippen molar-refractivity contribution in [2.75, 3.05) is 6.54 Å². The number of carboxylic acids is 1. The predicted octanol–water partition coefficient (Wildman–Crippen LogP) is 3.55. The monoisotopic (exact) mass is 293 g/mol. The smallest absolute Gasteiger partial charge is 0.304 e. The van der Waals surface area contributed by atoms with Crippen molar-refractivity contribution in [2.45, 2.75) is 59.2 Å². The van der Waals surface area contributed by atoms with Gasteiger partial charge in [-0.25, -0.2) is 0 Å². The Morgan fingerprint density at radius 1 is 1.33 bits per heavy atom. The van der Waals surface area contributed by atoms with Gasteiger partial charge in [0.2, 0.25) is 0 Å². The Labute approximate surface area is 127 Å². The third kappa shape index (κ3) is 6.63. The Bertz CT molecular complexity index is 463. The van der Waals surface area contributed by atoms with E-state index in [1.165, 1.54) is 0 Å². The first-order valence-corrected chi connectivity index (χ1v) is 7.41. The number of nitrogens with zero attached hydrogens (tertiary/aromatic N) is 1. The molecule has 0 aliphatic heterocycles. The molecule has 0 unspecified atom stereocenters. The van der Waals surface area contributed by atoms with Crippen LogP contribution in [0.2, 0.25) is 0 Å². The number of rotatable bonds is 7. The summed E-state index contributed by atoms with van der Waals surface area (Å²) in [7, 11) is 0. The van der Waals surface area contributed by atoms with Crippen molar-refractivity contribution < 1.29 is 14.6 Å². The lowest BCUT2D eigenvalue weighted by Crippen LogP contribution is -2.42. The minimum atomic E-state index is -0.763. The molecule has 0 saturated carbocycles. The van der Waals surface area contributed by atoms with E-state index in [0.717, 1.165) is 11.3 Å². The third-order valence-corrected chi connectivity index (χ3v) is 3.19. The first-order valence-electron chi connectivity index (χ1n) is 7.41. The largest absolute Gasteiger partial charge is 0.491 e. The van der Waals surface area contributed by atoms with Crippen molar-refractivity contribution in [1.82, 2.24) is 4.90 Å². The molecular weight excluding hydrogens is 266 g/mol. The highest BCUT2D eigenvalue weighted by Crippen LogP contribution is 2.21. The van der Waals surface area contributed by atoms with Gasteiger partial charge in [-0.15, -0.1) is 0 Å². The number of ether oxygens (including phenoxy) is 1. The van der Waals surface area contributed by atoms with Crippen molar-refractivity contribution in [3.63, 3.8) is 0 Å². The van der Waals surface area contributed by atoms with E-state index >= 15 is 0 Å². The maximum absolute atomic E-state index is 10.8. The normalized spacial score (nSPS) is 12.0. The second-order valence-electron chi connectivity index (χ2n) is 6.55. The molecule has 0 bridgehead atoms. The molecule has 4 nitrogen and oxygen atoms in total. The summed E-state index contributed by atoms with van der Waals surface area (Å²) in [6.07, 6.45) is 0.297. The van der Waals surface area contributed by atoms with Gasteiger partial charge in [0.15, 0.2) is 0 Å². The van der Waals surface area contributed by atoms with Crippen molar-refractivity contribution in [1.29, 1.82) is 0 Å². The molecule has 0 aliphatic carbocycles. The number of aliphatic carboxylic acids is 1. The molecule has 0 heterocycles. The molecule has 0 radical (unpaired) electrons. The lowest BCUT2D eigenvalue weighted by Gasteiger charge is -2.35. The summed E-state index contributed by atoms with van der Waals surface area (Å²) >= 11 is 0. The second-order valence-corrected chi connectivity index (χ2v) is 6.55. The number of carbonyl (C=O) groups is 1. The first-order chi connectivity index (χ1) is 9.68. The average Bonchev–Trinajstić information content (AvgIpc) is 2.32. The second kappa shape index (κ2) is 7.46. The molecule has 118 valence electrons. The Kier molecular flexibility index (Phi) is 6.21. The molecule has 1 N–H and O–H groups in total. The van der Waals surface area contributed by atoms with Crippen LogP contribution in [-0.4, -0.2) is 34.2 Å². The van der Waals surface area contributed by atoms with E-state index in [0.29, 0.717) is 13.1 Å². The Hall–Kier alpha value is -1.55. The van der Waals surface area contributed by atoms with Crippen LogP contribution >= 0.6 is 0 Å². The van der Waals surface area contributed by atoms with Crippen molar-refractivity contribution >= 4 is 5.97 Å². The van der Waals surface area contributed by atoms with Gasteiger partial charge < -0.3 is 9.84 Å². The molecule has 0 spiro atoms. The van der Waals surface area contributed by atoms with Gasteiger partial charge in [-0.3, -0.25) is 9.69 Å². The van der Waals surface area contributed by atoms with E-state index in [1.54, 1.807) is 0 Å². The quantitative estimate of drug-likeness (QED) is 0.835. The fraction of sp³-hybridized carbons (Fsp3) is 0.588. The molecule has 1 aromatic carbocycles. The van der Waals surface area contributed by atoms with Gasteiger partial charge in [-0.2, -0.15) is 0 Å². The van der Waals surface area contributed by atoms with Gasteiger partial charge in [0.05, 0.1) is 12.5 Å². The van der Waals surface area contributed by atoms with Crippen LogP contribution in [-0.2, 0) is 11.3 Å². The molecule has 1 aromatic rings. The summed E-state index contributed by atoms with van der Waals surface area (Å²) in [5.74, 6) is 0.0933. The maximum atomic E-state index is 10.8. The zero-order chi connectivity index (χ0) is 16.0. The molecular formula is C17H27NO3. The van der Waals surface area contributed by atoms with Gasteiger partial charge >= 0.3 is 5.97 Å². The molecule has 0 atom stereocenters. The van der Waals surface area contributed by atoms with Crippen LogP contribution in [0.25, 0.3) is 0 Å². The van der Waals surface area contributed by atoms with E-state index in [1.807, 2.05) is 38.1 Å². The topological polar surface area (TPSA) is 49.8 Å². The van der Waals surface area contributed by atoms with Gasteiger partial charge in [-0.05, 0) is 52.3 Å². The highest BCUT2D eigenvalue weighted by molar-refractivity contribution is 5.66. The molecule has 0 aromatic heterocycles. The van der Waals surface area contributed by atoms with Crippen molar-refractivity contribution in [3.8, 4) is 5.75 Å².